The lowest BCUT2D eigenvalue weighted by atomic mass is 10.1. The van der Waals surface area contributed by atoms with Gasteiger partial charge in [-0.2, -0.15) is 4.57 Å². The first-order valence-corrected chi connectivity index (χ1v) is 7.08. The highest BCUT2D eigenvalue weighted by atomic mass is 79.9. The average molecular weight is 451 g/mol. The number of ketones is 1. The van der Waals surface area contributed by atoms with Gasteiger partial charge >= 0.3 is 0 Å². The summed E-state index contributed by atoms with van der Waals surface area (Å²) in [5.74, 6) is 0.102. The molecule has 0 N–H and O–H groups in total. The first-order valence-electron chi connectivity index (χ1n) is 5.49. The molecule has 0 saturated carbocycles. The number of aryl methyl sites for hydroxylation is 1. The van der Waals surface area contributed by atoms with E-state index >= 15 is 0 Å². The van der Waals surface area contributed by atoms with Gasteiger partial charge in [0, 0.05) is 5.56 Å². The minimum Gasteiger partial charge on any atom is -0.287 e. The van der Waals surface area contributed by atoms with Crippen LogP contribution in [-0.4, -0.2) is 5.78 Å². The normalized spacial score (nSPS) is 9.84. The summed E-state index contributed by atoms with van der Waals surface area (Å²) in [4.78, 5) is 12.1. The Kier molecular flexibility index (Phi) is 6.36. The summed E-state index contributed by atoms with van der Waals surface area (Å²) >= 11 is 6.81. The molecular weight excluding hydrogens is 438 g/mol. The van der Waals surface area contributed by atoms with Crippen LogP contribution in [0, 0.1) is 6.92 Å². The van der Waals surface area contributed by atoms with Gasteiger partial charge in [0.15, 0.2) is 12.4 Å². The minimum absolute atomic E-state index is 0. The van der Waals surface area contributed by atoms with Gasteiger partial charge in [-0.1, -0.05) is 29.8 Å². The van der Waals surface area contributed by atoms with Gasteiger partial charge in [0.1, 0.15) is 0 Å². The highest BCUT2D eigenvalue weighted by molar-refractivity contribution is 9.11. The van der Waals surface area contributed by atoms with Crippen molar-refractivity contribution in [2.75, 3.05) is 0 Å². The van der Waals surface area contributed by atoms with E-state index < -0.39 is 0 Å². The van der Waals surface area contributed by atoms with E-state index in [4.69, 9.17) is 0 Å². The predicted molar refractivity (Wildman–Crippen MR) is 87.9 cm³/mol. The second kappa shape index (κ2) is 7.31. The molecule has 0 aliphatic carbocycles. The van der Waals surface area contributed by atoms with Gasteiger partial charge in [-0.05, 0) is 44.8 Å². The molecule has 1 heterocycles. The zero-order valence-electron chi connectivity index (χ0n) is 10.3. The van der Waals surface area contributed by atoms with Gasteiger partial charge in [0.25, 0.3) is 0 Å². The quantitative estimate of drug-likeness (QED) is 0.505. The summed E-state index contributed by atoms with van der Waals surface area (Å²) in [5.41, 5.74) is 1.90. The van der Waals surface area contributed by atoms with E-state index in [2.05, 4.69) is 31.9 Å². The molecule has 1 aromatic carbocycles. The number of pyridine rings is 1. The number of hydrogen-bond donors (Lipinski definition) is 0. The molecule has 0 bridgehead atoms. The van der Waals surface area contributed by atoms with Gasteiger partial charge in [0.2, 0.25) is 12.3 Å². The van der Waals surface area contributed by atoms with E-state index in [1.54, 1.807) is 0 Å². The Morgan fingerprint density at radius 3 is 2.16 bits per heavy atom. The molecule has 0 radical (unpaired) electrons. The van der Waals surface area contributed by atoms with Crippen molar-refractivity contribution in [2.45, 2.75) is 13.5 Å². The SMILES string of the molecule is Br.Cc1ccc(C(=O)C[n+]2cc(Br)cc(Br)c2)cc1. The maximum atomic E-state index is 12.1. The summed E-state index contributed by atoms with van der Waals surface area (Å²) in [6.45, 7) is 2.34. The van der Waals surface area contributed by atoms with Crippen LogP contribution in [0.2, 0.25) is 0 Å². The molecule has 19 heavy (non-hydrogen) atoms. The number of aromatic nitrogens is 1. The molecule has 0 saturated heterocycles. The van der Waals surface area contributed by atoms with Gasteiger partial charge in [-0.3, -0.25) is 4.79 Å². The molecule has 0 aliphatic heterocycles. The van der Waals surface area contributed by atoms with Gasteiger partial charge < -0.3 is 0 Å². The fourth-order valence-electron chi connectivity index (χ4n) is 1.65. The minimum atomic E-state index is 0. The summed E-state index contributed by atoms with van der Waals surface area (Å²) in [6, 6.07) is 9.58. The van der Waals surface area contributed by atoms with Crippen LogP contribution in [-0.2, 0) is 6.54 Å². The Morgan fingerprint density at radius 1 is 1.11 bits per heavy atom. The molecule has 100 valence electrons. The highest BCUT2D eigenvalue weighted by Crippen LogP contribution is 2.13. The van der Waals surface area contributed by atoms with E-state index in [-0.39, 0.29) is 22.8 Å². The van der Waals surface area contributed by atoms with Crippen LogP contribution in [0.3, 0.4) is 0 Å². The van der Waals surface area contributed by atoms with Crippen LogP contribution in [0.15, 0.2) is 51.7 Å². The molecule has 2 nitrogen and oxygen atoms in total. The van der Waals surface area contributed by atoms with E-state index in [0.29, 0.717) is 6.54 Å². The summed E-state index contributed by atoms with van der Waals surface area (Å²) in [7, 11) is 0. The van der Waals surface area contributed by atoms with Crippen LogP contribution >= 0.6 is 48.8 Å². The summed E-state index contributed by atoms with van der Waals surface area (Å²) in [5, 5.41) is 0. The third-order valence-electron chi connectivity index (χ3n) is 2.55. The van der Waals surface area contributed by atoms with Crippen LogP contribution in [0.4, 0.5) is 0 Å². The van der Waals surface area contributed by atoms with Crippen molar-refractivity contribution in [3.63, 3.8) is 0 Å². The van der Waals surface area contributed by atoms with Crippen molar-refractivity contribution >= 4 is 54.6 Å². The number of hydrogen-bond acceptors (Lipinski definition) is 1. The molecule has 5 heteroatoms. The average Bonchev–Trinajstić information content (AvgIpc) is 2.28. The van der Waals surface area contributed by atoms with Crippen LogP contribution in [0.25, 0.3) is 0 Å². The Bertz CT molecular complexity index is 561. The Labute approximate surface area is 139 Å². The lowest BCUT2D eigenvalue weighted by Gasteiger charge is -2.00. The molecule has 2 rings (SSSR count). The smallest absolute Gasteiger partial charge is 0.227 e. The van der Waals surface area contributed by atoms with Crippen LogP contribution in [0.1, 0.15) is 15.9 Å². The maximum Gasteiger partial charge on any atom is 0.227 e. The van der Waals surface area contributed by atoms with Crippen molar-refractivity contribution in [1.82, 2.24) is 0 Å². The molecule has 0 unspecified atom stereocenters. The molecule has 1 aromatic heterocycles. The zero-order chi connectivity index (χ0) is 13.1. The number of halogens is 3. The van der Waals surface area contributed by atoms with E-state index in [9.17, 15) is 4.79 Å². The van der Waals surface area contributed by atoms with Crippen molar-refractivity contribution in [3.8, 4) is 0 Å². The van der Waals surface area contributed by atoms with E-state index in [1.807, 2.05) is 54.2 Å². The Morgan fingerprint density at radius 2 is 1.63 bits per heavy atom. The lowest BCUT2D eigenvalue weighted by Crippen LogP contribution is -2.37. The van der Waals surface area contributed by atoms with Crippen molar-refractivity contribution in [2.24, 2.45) is 0 Å². The standard InChI is InChI=1S/C14H12Br2NO.BrH/c1-10-2-4-11(5-3-10)14(18)9-17-7-12(15)6-13(16)8-17;/h2-8H,9H2,1H3;1H/q+1;. The number of rotatable bonds is 3. The van der Waals surface area contributed by atoms with Crippen molar-refractivity contribution in [3.05, 3.63) is 62.8 Å². The molecule has 0 atom stereocenters. The zero-order valence-corrected chi connectivity index (χ0v) is 15.2. The number of carbonyl (C=O) groups is 1. The second-order valence-electron chi connectivity index (χ2n) is 4.13. The molecule has 0 spiro atoms. The van der Waals surface area contributed by atoms with Crippen LogP contribution in [0.5, 0.6) is 0 Å². The first-order chi connectivity index (χ1) is 8.54. The van der Waals surface area contributed by atoms with Crippen molar-refractivity contribution in [1.29, 1.82) is 0 Å². The van der Waals surface area contributed by atoms with Gasteiger partial charge in [0.05, 0.1) is 8.95 Å². The topological polar surface area (TPSA) is 20.9 Å². The molecule has 2 aromatic rings. The van der Waals surface area contributed by atoms with E-state index in [0.717, 1.165) is 20.1 Å². The fraction of sp³-hybridized carbons (Fsp3) is 0.143. The largest absolute Gasteiger partial charge is 0.287 e. The number of nitrogens with zero attached hydrogens (tertiary/aromatic N) is 1. The first kappa shape index (κ1) is 16.5. The molecular formula is C14H13Br3NO+. The molecule has 0 aliphatic rings. The molecule has 0 fully saturated rings. The lowest BCUT2D eigenvalue weighted by molar-refractivity contribution is -0.684. The number of Topliss-reactive ketones (excluding diaryl/α,β-unsaturated/α-hetero) is 1. The Hall–Kier alpha value is -0.520. The van der Waals surface area contributed by atoms with Crippen molar-refractivity contribution < 1.29 is 9.36 Å². The third-order valence-corrected chi connectivity index (χ3v) is 3.42. The molecule has 0 amide bonds. The maximum absolute atomic E-state index is 12.1. The third kappa shape index (κ3) is 4.82. The second-order valence-corrected chi connectivity index (χ2v) is 5.97. The monoisotopic (exact) mass is 448 g/mol. The Balaban J connectivity index is 0.00000180. The number of carbonyl (C=O) groups excluding carboxylic acids is 1. The summed E-state index contributed by atoms with van der Waals surface area (Å²) in [6.07, 6.45) is 3.77. The summed E-state index contributed by atoms with van der Waals surface area (Å²) < 4.78 is 3.73. The van der Waals surface area contributed by atoms with Gasteiger partial charge in [-0.25, -0.2) is 0 Å². The number of benzene rings is 1. The van der Waals surface area contributed by atoms with Crippen LogP contribution < -0.4 is 4.57 Å². The predicted octanol–water partition coefficient (Wildman–Crippen LogP) is 4.27. The highest BCUT2D eigenvalue weighted by Gasteiger charge is 2.13. The fourth-order valence-corrected chi connectivity index (χ4v) is 2.97. The van der Waals surface area contributed by atoms with Gasteiger partial charge in [-0.15, -0.1) is 17.0 Å². The van der Waals surface area contributed by atoms with E-state index in [1.165, 1.54) is 0 Å².